The summed E-state index contributed by atoms with van der Waals surface area (Å²) in [4.78, 5) is 13.9. The highest BCUT2D eigenvalue weighted by atomic mass is 16.2. The van der Waals surface area contributed by atoms with Crippen molar-refractivity contribution in [3.05, 3.63) is 24.0 Å². The first-order valence-corrected chi connectivity index (χ1v) is 6.61. The first-order chi connectivity index (χ1) is 8.20. The molecule has 0 spiro atoms. The van der Waals surface area contributed by atoms with Gasteiger partial charge in [0.05, 0.1) is 0 Å². The minimum absolute atomic E-state index is 0.178. The van der Waals surface area contributed by atoms with Crippen molar-refractivity contribution in [2.45, 2.75) is 39.5 Å². The highest BCUT2D eigenvalue weighted by Crippen LogP contribution is 2.12. The SMILES string of the molecule is CCC.Cn1cccc1C(=O)N1CCCCC1. The van der Waals surface area contributed by atoms with Crippen LogP contribution in [0.3, 0.4) is 0 Å². The first-order valence-electron chi connectivity index (χ1n) is 6.61. The number of hydrogen-bond acceptors (Lipinski definition) is 1. The number of hydrogen-bond donors (Lipinski definition) is 0. The van der Waals surface area contributed by atoms with Gasteiger partial charge in [0, 0.05) is 26.3 Å². The smallest absolute Gasteiger partial charge is 0.270 e. The third-order valence-corrected chi connectivity index (χ3v) is 2.81. The van der Waals surface area contributed by atoms with E-state index in [2.05, 4.69) is 13.8 Å². The van der Waals surface area contributed by atoms with Gasteiger partial charge in [-0.1, -0.05) is 20.3 Å². The molecule has 1 fully saturated rings. The topological polar surface area (TPSA) is 25.2 Å². The summed E-state index contributed by atoms with van der Waals surface area (Å²) in [5.41, 5.74) is 0.798. The van der Waals surface area contributed by atoms with Gasteiger partial charge in [0.15, 0.2) is 0 Å². The lowest BCUT2D eigenvalue weighted by atomic mass is 10.1. The van der Waals surface area contributed by atoms with Gasteiger partial charge in [-0.25, -0.2) is 0 Å². The van der Waals surface area contributed by atoms with Gasteiger partial charge in [-0.3, -0.25) is 4.79 Å². The van der Waals surface area contributed by atoms with E-state index >= 15 is 0 Å². The summed E-state index contributed by atoms with van der Waals surface area (Å²) in [7, 11) is 1.91. The highest BCUT2D eigenvalue weighted by Gasteiger charge is 2.19. The molecule has 1 aliphatic heterocycles. The summed E-state index contributed by atoms with van der Waals surface area (Å²) < 4.78 is 1.89. The number of piperidine rings is 1. The van der Waals surface area contributed by atoms with Gasteiger partial charge >= 0.3 is 0 Å². The van der Waals surface area contributed by atoms with Crippen LogP contribution in [-0.2, 0) is 7.05 Å². The Bertz CT molecular complexity index is 338. The molecule has 0 aliphatic carbocycles. The molecular weight excluding hydrogens is 212 g/mol. The molecule has 96 valence electrons. The second-order valence-corrected chi connectivity index (χ2v) is 4.56. The van der Waals surface area contributed by atoms with E-state index in [1.807, 2.05) is 34.8 Å². The Morgan fingerprint density at radius 2 is 1.82 bits per heavy atom. The summed E-state index contributed by atoms with van der Waals surface area (Å²) in [6.45, 7) is 6.09. The molecule has 0 unspecified atom stereocenters. The lowest BCUT2D eigenvalue weighted by Crippen LogP contribution is -2.36. The van der Waals surface area contributed by atoms with Gasteiger partial charge in [0.25, 0.3) is 5.91 Å². The lowest BCUT2D eigenvalue weighted by molar-refractivity contribution is 0.0714. The van der Waals surface area contributed by atoms with Crippen LogP contribution in [0.1, 0.15) is 50.0 Å². The number of carbonyl (C=O) groups excluding carboxylic acids is 1. The maximum Gasteiger partial charge on any atom is 0.270 e. The van der Waals surface area contributed by atoms with Crippen molar-refractivity contribution in [1.29, 1.82) is 0 Å². The fraction of sp³-hybridized carbons (Fsp3) is 0.643. The van der Waals surface area contributed by atoms with E-state index in [9.17, 15) is 4.79 Å². The normalized spacial score (nSPS) is 15.1. The van der Waals surface area contributed by atoms with Crippen LogP contribution in [0.4, 0.5) is 0 Å². The van der Waals surface area contributed by atoms with Crippen LogP contribution < -0.4 is 0 Å². The molecule has 1 aliphatic rings. The maximum atomic E-state index is 12.0. The molecule has 1 aromatic heterocycles. The van der Waals surface area contributed by atoms with E-state index < -0.39 is 0 Å². The molecule has 1 amide bonds. The van der Waals surface area contributed by atoms with Crippen molar-refractivity contribution >= 4 is 5.91 Å². The van der Waals surface area contributed by atoms with Crippen molar-refractivity contribution in [1.82, 2.24) is 9.47 Å². The van der Waals surface area contributed by atoms with Crippen molar-refractivity contribution in [2.24, 2.45) is 7.05 Å². The maximum absolute atomic E-state index is 12.0. The molecule has 0 radical (unpaired) electrons. The fourth-order valence-electron chi connectivity index (χ4n) is 1.94. The van der Waals surface area contributed by atoms with E-state index in [0.29, 0.717) is 0 Å². The van der Waals surface area contributed by atoms with Crippen molar-refractivity contribution < 1.29 is 4.79 Å². The van der Waals surface area contributed by atoms with Crippen LogP contribution in [0.25, 0.3) is 0 Å². The Morgan fingerprint density at radius 3 is 2.29 bits per heavy atom. The minimum atomic E-state index is 0.178. The molecule has 0 aromatic carbocycles. The largest absolute Gasteiger partial charge is 0.347 e. The van der Waals surface area contributed by atoms with Crippen LogP contribution in [0, 0.1) is 0 Å². The van der Waals surface area contributed by atoms with Crippen LogP contribution in [0.2, 0.25) is 0 Å². The Hall–Kier alpha value is -1.25. The zero-order valence-corrected chi connectivity index (χ0v) is 11.3. The van der Waals surface area contributed by atoms with Crippen LogP contribution >= 0.6 is 0 Å². The number of rotatable bonds is 1. The molecule has 3 heteroatoms. The number of nitrogens with zero attached hydrogens (tertiary/aromatic N) is 2. The van der Waals surface area contributed by atoms with Gasteiger partial charge in [-0.2, -0.15) is 0 Å². The molecule has 1 aromatic rings. The van der Waals surface area contributed by atoms with E-state index in [4.69, 9.17) is 0 Å². The molecule has 2 rings (SSSR count). The molecule has 1 saturated heterocycles. The van der Waals surface area contributed by atoms with E-state index in [0.717, 1.165) is 31.6 Å². The average molecular weight is 236 g/mol. The molecule has 3 nitrogen and oxygen atoms in total. The Balaban J connectivity index is 0.000000437. The standard InChI is InChI=1S/C11H16N2O.C3H8/c1-12-7-5-6-10(12)11(14)13-8-3-2-4-9-13;1-3-2/h5-7H,2-4,8-9H2,1H3;3H2,1-2H3. The molecule has 0 saturated carbocycles. The third kappa shape index (κ3) is 3.91. The van der Waals surface area contributed by atoms with E-state index in [-0.39, 0.29) is 5.91 Å². The summed E-state index contributed by atoms with van der Waals surface area (Å²) >= 11 is 0. The fourth-order valence-corrected chi connectivity index (χ4v) is 1.94. The number of aromatic nitrogens is 1. The van der Waals surface area contributed by atoms with Crippen LogP contribution in [-0.4, -0.2) is 28.5 Å². The number of amides is 1. The predicted molar refractivity (Wildman–Crippen MR) is 71.1 cm³/mol. The van der Waals surface area contributed by atoms with Crippen LogP contribution in [0.15, 0.2) is 18.3 Å². The predicted octanol–water partition coefficient (Wildman–Crippen LogP) is 3.07. The van der Waals surface area contributed by atoms with Gasteiger partial charge in [-0.15, -0.1) is 0 Å². The Kier molecular flexibility index (Phi) is 5.81. The second-order valence-electron chi connectivity index (χ2n) is 4.56. The van der Waals surface area contributed by atoms with Gasteiger partial charge in [-0.05, 0) is 31.4 Å². The Morgan fingerprint density at radius 1 is 1.24 bits per heavy atom. The van der Waals surface area contributed by atoms with Crippen molar-refractivity contribution in [3.63, 3.8) is 0 Å². The molecule has 2 heterocycles. The molecule has 0 N–H and O–H groups in total. The molecular formula is C14H24N2O. The number of likely N-dealkylation sites (tertiary alicyclic amines) is 1. The second kappa shape index (κ2) is 7.15. The number of carbonyl (C=O) groups is 1. The summed E-state index contributed by atoms with van der Waals surface area (Å²) in [5.74, 6) is 0.178. The first kappa shape index (κ1) is 13.8. The summed E-state index contributed by atoms with van der Waals surface area (Å²) in [6.07, 6.45) is 6.72. The number of aryl methyl sites for hydroxylation is 1. The van der Waals surface area contributed by atoms with Crippen molar-refractivity contribution in [2.75, 3.05) is 13.1 Å². The third-order valence-electron chi connectivity index (χ3n) is 2.81. The molecule has 17 heavy (non-hydrogen) atoms. The zero-order valence-electron chi connectivity index (χ0n) is 11.3. The average Bonchev–Trinajstić information content (AvgIpc) is 2.77. The highest BCUT2D eigenvalue weighted by molar-refractivity contribution is 5.92. The lowest BCUT2D eigenvalue weighted by Gasteiger charge is -2.26. The Labute approximate surface area is 104 Å². The van der Waals surface area contributed by atoms with E-state index in [1.165, 1.54) is 12.8 Å². The monoisotopic (exact) mass is 236 g/mol. The minimum Gasteiger partial charge on any atom is -0.347 e. The summed E-state index contributed by atoms with van der Waals surface area (Å²) in [5, 5.41) is 0. The van der Waals surface area contributed by atoms with Gasteiger partial charge < -0.3 is 9.47 Å². The van der Waals surface area contributed by atoms with Crippen LogP contribution in [0.5, 0.6) is 0 Å². The molecule has 0 bridgehead atoms. The zero-order chi connectivity index (χ0) is 12.7. The van der Waals surface area contributed by atoms with Gasteiger partial charge in [0.2, 0.25) is 0 Å². The molecule has 0 atom stereocenters. The quantitative estimate of drug-likeness (QED) is 0.735. The van der Waals surface area contributed by atoms with Gasteiger partial charge in [0.1, 0.15) is 5.69 Å². The van der Waals surface area contributed by atoms with E-state index in [1.54, 1.807) is 0 Å². The van der Waals surface area contributed by atoms with Crippen molar-refractivity contribution in [3.8, 4) is 0 Å². The summed E-state index contributed by atoms with van der Waals surface area (Å²) in [6, 6.07) is 3.80.